The highest BCUT2D eigenvalue weighted by Gasteiger charge is 2.28. The van der Waals surface area contributed by atoms with E-state index in [0.29, 0.717) is 0 Å². The van der Waals surface area contributed by atoms with E-state index >= 15 is 0 Å². The number of benzene rings is 1. The van der Waals surface area contributed by atoms with Crippen molar-refractivity contribution in [2.24, 2.45) is 0 Å². The minimum atomic E-state index is -4.45. The molecule has 0 atom stereocenters. The van der Waals surface area contributed by atoms with Crippen molar-refractivity contribution in [3.8, 4) is 5.75 Å². The van der Waals surface area contributed by atoms with E-state index in [1.54, 1.807) is 0 Å². The molecule has 0 aliphatic rings. The molecule has 0 amide bonds. The van der Waals surface area contributed by atoms with E-state index < -0.39 is 18.6 Å². The zero-order valence-electron chi connectivity index (χ0n) is 7.31. The topological polar surface area (TPSA) is 13.6 Å². The molecule has 1 aromatic rings. The molecule has 0 heterocycles. The van der Waals surface area contributed by atoms with Crippen molar-refractivity contribution in [2.75, 3.05) is 6.61 Å². The maximum Gasteiger partial charge on any atom is 0.422 e. The van der Waals surface area contributed by atoms with E-state index in [-0.39, 0.29) is 11.4 Å². The Balaban J connectivity index is 2.76. The Bertz CT molecular complexity index is 394. The van der Waals surface area contributed by atoms with Crippen LogP contribution in [0.15, 0.2) is 18.2 Å². The molecule has 0 aliphatic heterocycles. The second-order valence-corrected chi connectivity index (χ2v) is 2.63. The molecule has 0 aliphatic carbocycles. The van der Waals surface area contributed by atoms with E-state index in [1.165, 1.54) is 0 Å². The number of hydrogen-bond donors (Lipinski definition) is 0. The molecule has 15 heavy (non-hydrogen) atoms. The number of hydrogen-bond acceptors (Lipinski definition) is 1. The van der Waals surface area contributed by atoms with Gasteiger partial charge in [0.05, 0.1) is 6.57 Å². The predicted molar refractivity (Wildman–Crippen MR) is 44.2 cm³/mol. The molecular formula is C9H5F4NO. The number of alkyl halides is 3. The van der Waals surface area contributed by atoms with Gasteiger partial charge in [-0.3, -0.25) is 0 Å². The SMILES string of the molecule is [C-]#[N+]c1cc(OCC(F)(F)F)ccc1F. The van der Waals surface area contributed by atoms with Crippen molar-refractivity contribution in [3.63, 3.8) is 0 Å². The summed E-state index contributed by atoms with van der Waals surface area (Å²) in [5.41, 5.74) is -0.366. The summed E-state index contributed by atoms with van der Waals surface area (Å²) in [5, 5.41) is 0. The standard InChI is InChI=1S/C9H5F4NO/c1-14-8-4-6(2-3-7(8)10)15-5-9(11,12)13/h2-4H,5H2. The lowest BCUT2D eigenvalue weighted by molar-refractivity contribution is -0.153. The van der Waals surface area contributed by atoms with Crippen LogP contribution in [0.25, 0.3) is 4.85 Å². The van der Waals surface area contributed by atoms with Crippen molar-refractivity contribution >= 4 is 5.69 Å². The summed E-state index contributed by atoms with van der Waals surface area (Å²) >= 11 is 0. The van der Waals surface area contributed by atoms with E-state index in [2.05, 4.69) is 9.58 Å². The number of halogens is 4. The van der Waals surface area contributed by atoms with Gasteiger partial charge in [0.1, 0.15) is 11.6 Å². The first-order chi connectivity index (χ1) is 6.92. The molecule has 1 aromatic carbocycles. The largest absolute Gasteiger partial charge is 0.485 e. The third kappa shape index (κ3) is 3.46. The predicted octanol–water partition coefficient (Wildman–Crippen LogP) is 3.32. The van der Waals surface area contributed by atoms with Gasteiger partial charge in [0, 0.05) is 0 Å². The van der Waals surface area contributed by atoms with Gasteiger partial charge in [-0.2, -0.15) is 13.2 Å². The summed E-state index contributed by atoms with van der Waals surface area (Å²) in [4.78, 5) is 2.79. The van der Waals surface area contributed by atoms with Crippen molar-refractivity contribution in [2.45, 2.75) is 6.18 Å². The fourth-order valence-electron chi connectivity index (χ4n) is 0.833. The first kappa shape index (κ1) is 11.3. The molecule has 0 bridgehead atoms. The maximum atomic E-state index is 12.8. The molecule has 1 rings (SSSR count). The fourth-order valence-corrected chi connectivity index (χ4v) is 0.833. The van der Waals surface area contributed by atoms with Gasteiger partial charge in [-0.05, 0) is 18.2 Å². The Morgan fingerprint density at radius 3 is 2.53 bits per heavy atom. The monoisotopic (exact) mass is 219 g/mol. The maximum absolute atomic E-state index is 12.8. The van der Waals surface area contributed by atoms with E-state index in [4.69, 9.17) is 6.57 Å². The van der Waals surface area contributed by atoms with Crippen LogP contribution in [0.4, 0.5) is 23.2 Å². The summed E-state index contributed by atoms with van der Waals surface area (Å²) in [5.74, 6) is -0.968. The fraction of sp³-hybridized carbons (Fsp3) is 0.222. The Kier molecular flexibility index (Phi) is 3.14. The lowest BCUT2D eigenvalue weighted by Crippen LogP contribution is -2.19. The van der Waals surface area contributed by atoms with Gasteiger partial charge in [-0.15, -0.1) is 0 Å². The Labute approximate surface area is 82.9 Å². The number of rotatable bonds is 2. The average Bonchev–Trinajstić information content (AvgIpc) is 2.15. The van der Waals surface area contributed by atoms with Crippen LogP contribution in [0, 0.1) is 12.4 Å². The molecule has 0 saturated heterocycles. The van der Waals surface area contributed by atoms with Gasteiger partial charge < -0.3 is 4.74 Å². The van der Waals surface area contributed by atoms with E-state index in [9.17, 15) is 17.6 Å². The van der Waals surface area contributed by atoms with Crippen LogP contribution in [0.3, 0.4) is 0 Å². The second-order valence-electron chi connectivity index (χ2n) is 2.63. The van der Waals surface area contributed by atoms with Gasteiger partial charge in [0.25, 0.3) is 0 Å². The third-order valence-electron chi connectivity index (χ3n) is 1.44. The van der Waals surface area contributed by atoms with Crippen molar-refractivity contribution < 1.29 is 22.3 Å². The zero-order valence-corrected chi connectivity index (χ0v) is 7.31. The van der Waals surface area contributed by atoms with Crippen LogP contribution in [-0.4, -0.2) is 12.8 Å². The first-order valence-electron chi connectivity index (χ1n) is 3.79. The molecule has 0 fully saturated rings. The molecule has 0 N–H and O–H groups in total. The van der Waals surface area contributed by atoms with Crippen molar-refractivity contribution in [1.82, 2.24) is 0 Å². The molecule has 6 heteroatoms. The molecule has 0 unspecified atom stereocenters. The van der Waals surface area contributed by atoms with Crippen LogP contribution in [0.5, 0.6) is 5.75 Å². The lowest BCUT2D eigenvalue weighted by atomic mass is 10.3. The molecule has 0 saturated carbocycles. The van der Waals surface area contributed by atoms with Gasteiger partial charge >= 0.3 is 6.18 Å². The third-order valence-corrected chi connectivity index (χ3v) is 1.44. The quantitative estimate of drug-likeness (QED) is 0.549. The summed E-state index contributed by atoms with van der Waals surface area (Å²) in [6, 6.07) is 2.85. The highest BCUT2D eigenvalue weighted by molar-refractivity contribution is 5.50. The number of ether oxygens (including phenoxy) is 1. The molecule has 0 radical (unpaired) electrons. The normalized spacial score (nSPS) is 10.9. The zero-order chi connectivity index (χ0) is 11.5. The molecule has 2 nitrogen and oxygen atoms in total. The summed E-state index contributed by atoms with van der Waals surface area (Å²) in [6.45, 7) is 5.08. The molecule has 0 spiro atoms. The molecule has 80 valence electrons. The smallest absolute Gasteiger partial charge is 0.422 e. The number of nitrogens with zero attached hydrogens (tertiary/aromatic N) is 1. The molecule has 0 aromatic heterocycles. The van der Waals surface area contributed by atoms with E-state index in [1.807, 2.05) is 0 Å². The highest BCUT2D eigenvalue weighted by Crippen LogP contribution is 2.25. The van der Waals surface area contributed by atoms with Crippen molar-refractivity contribution in [1.29, 1.82) is 0 Å². The van der Waals surface area contributed by atoms with Crippen LogP contribution in [0.1, 0.15) is 0 Å². The molecular weight excluding hydrogens is 214 g/mol. The minimum Gasteiger partial charge on any atom is -0.485 e. The van der Waals surface area contributed by atoms with Crippen LogP contribution in [0.2, 0.25) is 0 Å². The summed E-state index contributed by atoms with van der Waals surface area (Å²) < 4.78 is 52.3. The van der Waals surface area contributed by atoms with Gasteiger partial charge in [0.2, 0.25) is 5.69 Å². The van der Waals surface area contributed by atoms with Crippen LogP contribution < -0.4 is 4.74 Å². The van der Waals surface area contributed by atoms with Crippen LogP contribution >= 0.6 is 0 Å². The average molecular weight is 219 g/mol. The second kappa shape index (κ2) is 4.17. The van der Waals surface area contributed by atoms with Gasteiger partial charge in [0.15, 0.2) is 6.61 Å². The summed E-state index contributed by atoms with van der Waals surface area (Å²) in [7, 11) is 0. The lowest BCUT2D eigenvalue weighted by Gasteiger charge is -2.09. The van der Waals surface area contributed by atoms with Crippen molar-refractivity contribution in [3.05, 3.63) is 35.4 Å². The van der Waals surface area contributed by atoms with E-state index in [0.717, 1.165) is 18.2 Å². The Morgan fingerprint density at radius 2 is 2.00 bits per heavy atom. The summed E-state index contributed by atoms with van der Waals surface area (Å²) in [6.07, 6.45) is -4.45. The first-order valence-corrected chi connectivity index (χ1v) is 3.79. The van der Waals surface area contributed by atoms with Crippen LogP contribution in [-0.2, 0) is 0 Å². The minimum absolute atomic E-state index is 0.181. The highest BCUT2D eigenvalue weighted by atomic mass is 19.4. The van der Waals surface area contributed by atoms with Gasteiger partial charge in [-0.1, -0.05) is 0 Å². The Hall–Kier alpha value is -1.77. The van der Waals surface area contributed by atoms with Gasteiger partial charge in [-0.25, -0.2) is 9.24 Å². The Morgan fingerprint density at radius 1 is 1.33 bits per heavy atom.